The molecule has 2 aromatic rings. The Morgan fingerprint density at radius 1 is 1.48 bits per heavy atom. The lowest BCUT2D eigenvalue weighted by Crippen LogP contribution is -2.50. The lowest BCUT2D eigenvalue weighted by atomic mass is 10.1. The second-order valence-corrected chi connectivity index (χ2v) is 6.69. The van der Waals surface area contributed by atoms with Crippen molar-refractivity contribution in [3.05, 3.63) is 23.4 Å². The second kappa shape index (κ2) is 5.93. The maximum atomic E-state index is 12.5. The number of carbonyl (C=O) groups excluding carboxylic acids is 1. The summed E-state index contributed by atoms with van der Waals surface area (Å²) in [7, 11) is 0. The number of carbonyl (C=O) groups is 1. The summed E-state index contributed by atoms with van der Waals surface area (Å²) in [6.45, 7) is 7.30. The Morgan fingerprint density at radius 2 is 2.26 bits per heavy atom. The van der Waals surface area contributed by atoms with Crippen molar-refractivity contribution < 1.29 is 9.53 Å². The lowest BCUT2D eigenvalue weighted by Gasteiger charge is -2.36. The Morgan fingerprint density at radius 3 is 3.00 bits per heavy atom. The lowest BCUT2D eigenvalue weighted by molar-refractivity contribution is 0.0114. The summed E-state index contributed by atoms with van der Waals surface area (Å²) in [5, 5.41) is 7.45. The van der Waals surface area contributed by atoms with Crippen LogP contribution in [-0.2, 0) is 4.74 Å². The van der Waals surface area contributed by atoms with Gasteiger partial charge < -0.3 is 10.1 Å². The van der Waals surface area contributed by atoms with E-state index in [2.05, 4.69) is 20.4 Å². The van der Waals surface area contributed by atoms with Crippen molar-refractivity contribution in [3.8, 4) is 0 Å². The molecule has 0 aromatic carbocycles. The zero-order valence-electron chi connectivity index (χ0n) is 13.3. The number of halogens is 1. The molecule has 1 saturated heterocycles. The van der Waals surface area contributed by atoms with Crippen molar-refractivity contribution in [3.63, 3.8) is 0 Å². The molecule has 1 fully saturated rings. The first-order chi connectivity index (χ1) is 10.8. The maximum Gasteiger partial charge on any atom is 0.410 e. The van der Waals surface area contributed by atoms with Gasteiger partial charge in [-0.15, -0.1) is 5.10 Å². The van der Waals surface area contributed by atoms with E-state index in [1.165, 1.54) is 0 Å². The van der Waals surface area contributed by atoms with Crippen LogP contribution in [-0.4, -0.2) is 55.8 Å². The molecule has 0 bridgehead atoms. The van der Waals surface area contributed by atoms with Crippen LogP contribution in [0.4, 0.5) is 4.79 Å². The number of aromatic nitrogens is 4. The molecule has 9 heteroatoms. The number of fused-ring (bicyclic) bond motifs is 1. The smallest absolute Gasteiger partial charge is 0.410 e. The minimum Gasteiger partial charge on any atom is -0.444 e. The van der Waals surface area contributed by atoms with Gasteiger partial charge in [0.25, 0.3) is 0 Å². The molecule has 0 spiro atoms. The zero-order chi connectivity index (χ0) is 16.6. The molecule has 0 saturated carbocycles. The SMILES string of the molecule is CC(C)(C)OC(=O)N1CCNCC1c1nc(Cl)nn2ccnc12. The van der Waals surface area contributed by atoms with Crippen LogP contribution >= 0.6 is 11.6 Å². The van der Waals surface area contributed by atoms with E-state index in [1.807, 2.05) is 20.8 Å². The van der Waals surface area contributed by atoms with Crippen molar-refractivity contribution in [1.29, 1.82) is 0 Å². The van der Waals surface area contributed by atoms with Gasteiger partial charge in [-0.05, 0) is 32.4 Å². The largest absolute Gasteiger partial charge is 0.444 e. The van der Waals surface area contributed by atoms with Crippen molar-refractivity contribution in [1.82, 2.24) is 29.8 Å². The van der Waals surface area contributed by atoms with Gasteiger partial charge in [0.2, 0.25) is 5.28 Å². The highest BCUT2D eigenvalue weighted by atomic mass is 35.5. The highest BCUT2D eigenvalue weighted by molar-refractivity contribution is 6.28. The van der Waals surface area contributed by atoms with Crippen molar-refractivity contribution in [2.24, 2.45) is 0 Å². The molecule has 124 valence electrons. The summed E-state index contributed by atoms with van der Waals surface area (Å²) in [5.74, 6) is 0. The maximum absolute atomic E-state index is 12.5. The fourth-order valence-corrected chi connectivity index (χ4v) is 2.71. The number of nitrogens with zero attached hydrogens (tertiary/aromatic N) is 5. The van der Waals surface area contributed by atoms with Gasteiger partial charge in [0, 0.05) is 32.0 Å². The number of imidazole rings is 1. The molecule has 1 unspecified atom stereocenters. The fraction of sp³-hybridized carbons (Fsp3) is 0.571. The van der Waals surface area contributed by atoms with Gasteiger partial charge >= 0.3 is 6.09 Å². The molecule has 0 aliphatic carbocycles. The molecular formula is C14H19ClN6O2. The topological polar surface area (TPSA) is 84.6 Å². The van der Waals surface area contributed by atoms with E-state index in [0.717, 1.165) is 0 Å². The van der Waals surface area contributed by atoms with Gasteiger partial charge in [-0.2, -0.15) is 0 Å². The number of amides is 1. The van der Waals surface area contributed by atoms with Crippen LogP contribution in [0.25, 0.3) is 5.65 Å². The van der Waals surface area contributed by atoms with Crippen LogP contribution < -0.4 is 5.32 Å². The molecule has 1 aliphatic heterocycles. The van der Waals surface area contributed by atoms with Crippen LogP contribution in [0.15, 0.2) is 12.4 Å². The first-order valence-electron chi connectivity index (χ1n) is 7.42. The molecule has 1 N–H and O–H groups in total. The fourth-order valence-electron chi connectivity index (χ4n) is 2.53. The van der Waals surface area contributed by atoms with Gasteiger partial charge in [-0.3, -0.25) is 4.90 Å². The van der Waals surface area contributed by atoms with E-state index >= 15 is 0 Å². The molecule has 23 heavy (non-hydrogen) atoms. The summed E-state index contributed by atoms with van der Waals surface area (Å²) in [6, 6.07) is -0.316. The normalized spacial score (nSPS) is 19.1. The second-order valence-electron chi connectivity index (χ2n) is 6.36. The van der Waals surface area contributed by atoms with Gasteiger partial charge in [0.1, 0.15) is 11.3 Å². The van der Waals surface area contributed by atoms with E-state index in [1.54, 1.807) is 21.8 Å². The summed E-state index contributed by atoms with van der Waals surface area (Å²) >= 11 is 6.01. The summed E-state index contributed by atoms with van der Waals surface area (Å²) in [5.41, 5.74) is 0.628. The minimum atomic E-state index is -0.557. The Balaban J connectivity index is 1.97. The Bertz CT molecular complexity index is 726. The molecule has 2 aromatic heterocycles. The average molecular weight is 339 g/mol. The van der Waals surface area contributed by atoms with Crippen LogP contribution in [0.5, 0.6) is 0 Å². The monoisotopic (exact) mass is 338 g/mol. The van der Waals surface area contributed by atoms with E-state index in [4.69, 9.17) is 16.3 Å². The molecule has 8 nitrogen and oxygen atoms in total. The van der Waals surface area contributed by atoms with Crippen LogP contribution in [0.3, 0.4) is 0 Å². The predicted molar refractivity (Wildman–Crippen MR) is 84.3 cm³/mol. The summed E-state index contributed by atoms with van der Waals surface area (Å²) < 4.78 is 7.07. The zero-order valence-corrected chi connectivity index (χ0v) is 14.0. The molecule has 1 amide bonds. The molecular weight excluding hydrogens is 320 g/mol. The van der Waals surface area contributed by atoms with Gasteiger partial charge in [-0.1, -0.05) is 0 Å². The van der Waals surface area contributed by atoms with Gasteiger partial charge in [0.05, 0.1) is 6.04 Å². The number of piperazine rings is 1. The van der Waals surface area contributed by atoms with Crippen LogP contribution in [0.2, 0.25) is 5.28 Å². The van der Waals surface area contributed by atoms with Gasteiger partial charge in [0.15, 0.2) is 5.65 Å². The van der Waals surface area contributed by atoms with E-state index in [-0.39, 0.29) is 17.4 Å². The summed E-state index contributed by atoms with van der Waals surface area (Å²) in [6.07, 6.45) is 2.95. The standard InChI is InChI=1S/C14H19ClN6O2/c1-14(2,3)23-13(22)20-6-4-16-8-9(20)10-11-17-5-7-21(11)19-12(15)18-10/h5,7,9,16H,4,6,8H2,1-3H3. The average Bonchev–Trinajstić information content (AvgIpc) is 2.92. The molecule has 1 aliphatic rings. The third kappa shape index (κ3) is 3.37. The number of nitrogens with one attached hydrogen (secondary N) is 1. The first-order valence-corrected chi connectivity index (χ1v) is 7.80. The predicted octanol–water partition coefficient (Wildman–Crippen LogP) is 1.66. The van der Waals surface area contributed by atoms with Crippen molar-refractivity contribution in [2.45, 2.75) is 32.4 Å². The first kappa shape index (κ1) is 15.9. The van der Waals surface area contributed by atoms with Crippen molar-refractivity contribution >= 4 is 23.3 Å². The van der Waals surface area contributed by atoms with E-state index < -0.39 is 5.60 Å². The Labute approximate surface area is 138 Å². The van der Waals surface area contributed by atoms with Gasteiger partial charge in [-0.25, -0.2) is 19.3 Å². The highest BCUT2D eigenvalue weighted by Gasteiger charge is 2.34. The molecule has 3 rings (SSSR count). The number of ether oxygens (including phenoxy) is 1. The van der Waals surface area contributed by atoms with Crippen LogP contribution in [0.1, 0.15) is 32.5 Å². The number of hydrogen-bond donors (Lipinski definition) is 1. The Hall–Kier alpha value is -1.93. The quantitative estimate of drug-likeness (QED) is 0.851. The minimum absolute atomic E-state index is 0.111. The summed E-state index contributed by atoms with van der Waals surface area (Å²) in [4.78, 5) is 22.8. The number of rotatable bonds is 1. The number of hydrogen-bond acceptors (Lipinski definition) is 6. The van der Waals surface area contributed by atoms with Crippen LogP contribution in [0, 0.1) is 0 Å². The Kier molecular flexibility index (Phi) is 4.11. The molecule has 1 atom stereocenters. The van der Waals surface area contributed by atoms with E-state index in [9.17, 15) is 4.79 Å². The third-order valence-corrected chi connectivity index (χ3v) is 3.60. The molecule has 0 radical (unpaired) electrons. The van der Waals surface area contributed by atoms with Crippen molar-refractivity contribution in [2.75, 3.05) is 19.6 Å². The van der Waals surface area contributed by atoms with E-state index in [0.29, 0.717) is 31.0 Å². The third-order valence-electron chi connectivity index (χ3n) is 3.44. The molecule has 3 heterocycles. The highest BCUT2D eigenvalue weighted by Crippen LogP contribution is 2.26.